The molecule has 1 aliphatic rings. The highest BCUT2D eigenvalue weighted by atomic mass is 32.2. The zero-order valence-corrected chi connectivity index (χ0v) is 27.7. The Morgan fingerprint density at radius 2 is 0.939 bits per heavy atom. The van der Waals surface area contributed by atoms with Gasteiger partial charge in [0.1, 0.15) is 0 Å². The lowest BCUT2D eigenvalue weighted by Gasteiger charge is -2.42. The molecule has 0 saturated carbocycles. The van der Waals surface area contributed by atoms with Gasteiger partial charge >= 0.3 is 0 Å². The van der Waals surface area contributed by atoms with Crippen LogP contribution in [0.3, 0.4) is 0 Å². The van der Waals surface area contributed by atoms with Gasteiger partial charge in [0.25, 0.3) is 0 Å². The minimum absolute atomic E-state index is 0.450. The molecule has 0 amide bonds. The van der Waals surface area contributed by atoms with E-state index in [9.17, 15) is 0 Å². The number of nitrogens with zero attached hydrogens (tertiary/aromatic N) is 1. The van der Waals surface area contributed by atoms with Crippen LogP contribution in [-0.2, 0) is 5.41 Å². The topological polar surface area (TPSA) is 3.24 Å². The summed E-state index contributed by atoms with van der Waals surface area (Å²) in [5, 5.41) is 2.45. The second-order valence-electron chi connectivity index (χ2n) is 12.5. The highest BCUT2D eigenvalue weighted by Crippen LogP contribution is 2.56. The van der Waals surface area contributed by atoms with E-state index in [0.29, 0.717) is 0 Å². The van der Waals surface area contributed by atoms with Crippen LogP contribution >= 0.6 is 11.8 Å². The first-order valence-electron chi connectivity index (χ1n) is 16.8. The van der Waals surface area contributed by atoms with E-state index >= 15 is 0 Å². The fourth-order valence-electron chi connectivity index (χ4n) is 7.60. The maximum absolute atomic E-state index is 2.44. The number of anilines is 3. The summed E-state index contributed by atoms with van der Waals surface area (Å²) in [7, 11) is 0. The quantitative estimate of drug-likeness (QED) is 0.177. The number of hydrogen-bond acceptors (Lipinski definition) is 2. The van der Waals surface area contributed by atoms with E-state index in [-0.39, 0.29) is 0 Å². The van der Waals surface area contributed by atoms with Crippen molar-refractivity contribution < 1.29 is 0 Å². The van der Waals surface area contributed by atoms with Crippen LogP contribution in [0.2, 0.25) is 0 Å². The normalized spacial score (nSPS) is 13.0. The third-order valence-electron chi connectivity index (χ3n) is 9.79. The first kappa shape index (κ1) is 29.3. The van der Waals surface area contributed by atoms with Crippen molar-refractivity contribution in [1.82, 2.24) is 0 Å². The Morgan fingerprint density at radius 3 is 1.67 bits per heavy atom. The fourth-order valence-corrected chi connectivity index (χ4v) is 8.77. The van der Waals surface area contributed by atoms with Crippen LogP contribution in [0.1, 0.15) is 22.3 Å². The van der Waals surface area contributed by atoms with Crippen molar-refractivity contribution in [2.75, 3.05) is 4.90 Å². The van der Waals surface area contributed by atoms with Gasteiger partial charge in [0.05, 0.1) is 11.1 Å². The van der Waals surface area contributed by atoms with Gasteiger partial charge in [-0.2, -0.15) is 0 Å². The third-order valence-corrected chi connectivity index (χ3v) is 10.9. The molecule has 0 fully saturated rings. The van der Waals surface area contributed by atoms with Crippen LogP contribution in [0, 0.1) is 0 Å². The molecule has 0 unspecified atom stereocenters. The molecule has 1 aliphatic heterocycles. The molecule has 0 saturated heterocycles. The molecular weight excluding hydrogens is 611 g/mol. The molecule has 8 aromatic rings. The Balaban J connectivity index is 1.20. The summed E-state index contributed by atoms with van der Waals surface area (Å²) in [6, 6.07) is 72.9. The number of para-hydroxylation sites is 1. The predicted molar refractivity (Wildman–Crippen MR) is 206 cm³/mol. The number of fused-ring (bicyclic) bond motifs is 3. The van der Waals surface area contributed by atoms with Crippen molar-refractivity contribution in [2.45, 2.75) is 15.2 Å². The molecule has 8 aromatic carbocycles. The van der Waals surface area contributed by atoms with E-state index in [2.05, 4.69) is 205 Å². The molecule has 0 aliphatic carbocycles. The standard InChI is InChI=1S/C47H33NS/c1-4-17-37(18-5-1)47(38-19-6-2-7-20-38)42-24-12-13-26-45(42)49-46-32-29-36(33-43(46)47)34-27-30-40(31-28-34)48(39-21-8-3-9-22-39)44-25-14-16-35-15-10-11-23-41(35)44/h1-33H. The van der Waals surface area contributed by atoms with Crippen molar-refractivity contribution in [3.8, 4) is 11.1 Å². The van der Waals surface area contributed by atoms with Gasteiger partial charge in [0.15, 0.2) is 0 Å². The summed E-state index contributed by atoms with van der Waals surface area (Å²) in [6.45, 7) is 0. The third kappa shape index (κ3) is 4.96. The van der Waals surface area contributed by atoms with Gasteiger partial charge in [-0.05, 0) is 87.3 Å². The molecule has 0 N–H and O–H groups in total. The summed E-state index contributed by atoms with van der Waals surface area (Å²) >= 11 is 1.87. The van der Waals surface area contributed by atoms with E-state index in [0.717, 1.165) is 17.1 Å². The molecule has 1 heterocycles. The second-order valence-corrected chi connectivity index (χ2v) is 13.6. The first-order chi connectivity index (χ1) is 24.3. The fraction of sp³-hybridized carbons (Fsp3) is 0.0213. The van der Waals surface area contributed by atoms with Gasteiger partial charge in [-0.25, -0.2) is 0 Å². The van der Waals surface area contributed by atoms with Crippen LogP contribution in [0.15, 0.2) is 210 Å². The van der Waals surface area contributed by atoms with E-state index in [1.54, 1.807) is 0 Å². The predicted octanol–water partition coefficient (Wildman–Crippen LogP) is 12.8. The summed E-state index contributed by atoms with van der Waals surface area (Å²) in [6.07, 6.45) is 0. The molecule has 49 heavy (non-hydrogen) atoms. The van der Waals surface area contributed by atoms with Crippen LogP contribution in [-0.4, -0.2) is 0 Å². The molecule has 9 rings (SSSR count). The average Bonchev–Trinajstić information content (AvgIpc) is 3.18. The SMILES string of the molecule is c1ccc(N(c2ccc(-c3ccc4c(c3)C(c3ccccc3)(c3ccccc3)c3ccccc3S4)cc2)c2cccc3ccccc23)cc1. The summed E-state index contributed by atoms with van der Waals surface area (Å²) in [4.78, 5) is 4.95. The lowest BCUT2D eigenvalue weighted by atomic mass is 9.64. The van der Waals surface area contributed by atoms with Crippen molar-refractivity contribution in [3.05, 3.63) is 222 Å². The average molecular weight is 644 g/mol. The second kappa shape index (κ2) is 12.3. The molecule has 2 heteroatoms. The molecule has 0 bridgehead atoms. The Morgan fingerprint density at radius 1 is 0.388 bits per heavy atom. The Kier molecular flexibility index (Phi) is 7.37. The van der Waals surface area contributed by atoms with Crippen molar-refractivity contribution in [3.63, 3.8) is 0 Å². The number of hydrogen-bond donors (Lipinski definition) is 0. The van der Waals surface area contributed by atoms with E-state index in [4.69, 9.17) is 0 Å². The van der Waals surface area contributed by atoms with Gasteiger partial charge in [0.2, 0.25) is 0 Å². The van der Waals surface area contributed by atoms with Crippen molar-refractivity contribution >= 4 is 39.6 Å². The molecule has 232 valence electrons. The summed E-state index contributed by atoms with van der Waals surface area (Å²) in [5.74, 6) is 0. The van der Waals surface area contributed by atoms with Gasteiger partial charge < -0.3 is 4.90 Å². The highest BCUT2D eigenvalue weighted by Gasteiger charge is 2.44. The van der Waals surface area contributed by atoms with Gasteiger partial charge in [-0.15, -0.1) is 0 Å². The summed E-state index contributed by atoms with van der Waals surface area (Å²) < 4.78 is 0. The van der Waals surface area contributed by atoms with E-state index < -0.39 is 5.41 Å². The van der Waals surface area contributed by atoms with E-state index in [1.807, 2.05) is 11.8 Å². The van der Waals surface area contributed by atoms with E-state index in [1.165, 1.54) is 53.9 Å². The summed E-state index contributed by atoms with van der Waals surface area (Å²) in [5.41, 5.74) is 10.6. The molecule has 1 nitrogen and oxygen atoms in total. The van der Waals surface area contributed by atoms with Gasteiger partial charge in [-0.1, -0.05) is 163 Å². The number of benzene rings is 8. The van der Waals surface area contributed by atoms with Crippen molar-refractivity contribution in [1.29, 1.82) is 0 Å². The highest BCUT2D eigenvalue weighted by molar-refractivity contribution is 7.99. The Labute approximate surface area is 292 Å². The molecular formula is C47H33NS. The van der Waals surface area contributed by atoms with Gasteiger partial charge in [-0.3, -0.25) is 0 Å². The molecule has 0 aromatic heterocycles. The van der Waals surface area contributed by atoms with Crippen LogP contribution < -0.4 is 4.90 Å². The number of rotatable bonds is 6. The molecule has 0 spiro atoms. The first-order valence-corrected chi connectivity index (χ1v) is 17.6. The molecule has 0 radical (unpaired) electrons. The zero-order chi connectivity index (χ0) is 32.6. The monoisotopic (exact) mass is 643 g/mol. The smallest absolute Gasteiger partial charge is 0.0723 e. The largest absolute Gasteiger partial charge is 0.310 e. The Hall–Kier alpha value is -5.83. The maximum atomic E-state index is 2.44. The lowest BCUT2D eigenvalue weighted by Crippen LogP contribution is -2.34. The minimum Gasteiger partial charge on any atom is -0.310 e. The van der Waals surface area contributed by atoms with Crippen LogP contribution in [0.25, 0.3) is 21.9 Å². The van der Waals surface area contributed by atoms with Crippen LogP contribution in [0.5, 0.6) is 0 Å². The minimum atomic E-state index is -0.450. The Bertz CT molecular complexity index is 2360. The maximum Gasteiger partial charge on any atom is 0.0723 e. The van der Waals surface area contributed by atoms with Crippen molar-refractivity contribution in [2.24, 2.45) is 0 Å². The molecule has 0 atom stereocenters. The lowest BCUT2D eigenvalue weighted by molar-refractivity contribution is 0.703. The zero-order valence-electron chi connectivity index (χ0n) is 26.9. The van der Waals surface area contributed by atoms with Crippen LogP contribution in [0.4, 0.5) is 17.1 Å². The van der Waals surface area contributed by atoms with Gasteiger partial charge in [0, 0.05) is 26.6 Å².